The molecule has 2 aliphatic heterocycles. The highest BCUT2D eigenvalue weighted by molar-refractivity contribution is 6.29. The molecule has 9 nitrogen and oxygen atoms in total. The number of rotatable bonds is 6. The first-order chi connectivity index (χ1) is 18.9. The maximum atomic E-state index is 13.6. The summed E-state index contributed by atoms with van der Waals surface area (Å²) in [5.74, 6) is 1.56. The third kappa shape index (κ3) is 5.15. The van der Waals surface area contributed by atoms with Gasteiger partial charge in [0.05, 0.1) is 37.3 Å². The van der Waals surface area contributed by atoms with Crippen molar-refractivity contribution in [2.24, 2.45) is 0 Å². The number of methoxy groups -OCH3 is 1. The van der Waals surface area contributed by atoms with Crippen LogP contribution in [0.3, 0.4) is 0 Å². The predicted molar refractivity (Wildman–Crippen MR) is 146 cm³/mol. The minimum absolute atomic E-state index is 0.0551. The Labute approximate surface area is 230 Å². The summed E-state index contributed by atoms with van der Waals surface area (Å²) in [5.41, 5.74) is 4.06. The number of hydrogen-bond donors (Lipinski definition) is 1. The number of imidazole rings is 1. The number of aromatic nitrogens is 4. The summed E-state index contributed by atoms with van der Waals surface area (Å²) in [4.78, 5) is 16.2. The Hall–Kier alpha value is -3.73. The van der Waals surface area contributed by atoms with Crippen LogP contribution in [0.2, 0.25) is 5.15 Å². The molecule has 2 aromatic heterocycles. The third-order valence-electron chi connectivity index (χ3n) is 6.82. The highest BCUT2D eigenvalue weighted by Gasteiger charge is 2.34. The first-order valence-corrected chi connectivity index (χ1v) is 13.1. The van der Waals surface area contributed by atoms with Crippen molar-refractivity contribution in [3.05, 3.63) is 82.8 Å². The molecule has 0 aliphatic carbocycles. The quantitative estimate of drug-likeness (QED) is 0.340. The van der Waals surface area contributed by atoms with Crippen LogP contribution in [-0.4, -0.2) is 51.9 Å². The van der Waals surface area contributed by atoms with Crippen LogP contribution in [0, 0.1) is 5.82 Å². The second-order valence-electron chi connectivity index (χ2n) is 9.75. The highest BCUT2D eigenvalue weighted by atomic mass is 35.5. The Morgan fingerprint density at radius 3 is 2.54 bits per heavy atom. The van der Waals surface area contributed by atoms with Gasteiger partial charge in [-0.3, -0.25) is 0 Å². The van der Waals surface area contributed by atoms with Crippen molar-refractivity contribution >= 4 is 29.1 Å². The second-order valence-corrected chi connectivity index (χ2v) is 10.1. The van der Waals surface area contributed by atoms with E-state index in [2.05, 4.69) is 29.0 Å². The normalized spacial score (nSPS) is 20.6. The van der Waals surface area contributed by atoms with Gasteiger partial charge in [-0.05, 0) is 43.7 Å². The van der Waals surface area contributed by atoms with E-state index in [-0.39, 0.29) is 18.0 Å². The Morgan fingerprint density at radius 1 is 1.08 bits per heavy atom. The van der Waals surface area contributed by atoms with Gasteiger partial charge in [0.1, 0.15) is 35.0 Å². The predicted octanol–water partition coefficient (Wildman–Crippen LogP) is 5.44. The Balaban J connectivity index is 1.39. The largest absolute Gasteiger partial charge is 0.494 e. The van der Waals surface area contributed by atoms with Crippen LogP contribution < -0.4 is 15.0 Å². The molecule has 39 heavy (non-hydrogen) atoms. The number of anilines is 3. The number of halogens is 2. The molecule has 0 spiro atoms. The monoisotopic (exact) mass is 550 g/mol. The SMILES string of the molecule is COc1cc(Nc2nc3c(c(N4C[C@@H](C)O[C@@H](C)C4)n2)COC3c2ccc(F)cc2)ccc1-n1cnc(Cl)c1. The lowest BCUT2D eigenvalue weighted by molar-refractivity contribution is -0.00557. The number of hydrogen-bond acceptors (Lipinski definition) is 8. The zero-order valence-corrected chi connectivity index (χ0v) is 22.5. The first kappa shape index (κ1) is 25.5. The molecule has 4 aromatic rings. The van der Waals surface area contributed by atoms with Crippen LogP contribution >= 0.6 is 11.6 Å². The van der Waals surface area contributed by atoms with E-state index in [1.807, 2.05) is 18.2 Å². The number of nitrogens with zero attached hydrogens (tertiary/aromatic N) is 5. The van der Waals surface area contributed by atoms with E-state index in [1.54, 1.807) is 36.3 Å². The second kappa shape index (κ2) is 10.4. The van der Waals surface area contributed by atoms with Crippen molar-refractivity contribution in [2.75, 3.05) is 30.4 Å². The summed E-state index contributed by atoms with van der Waals surface area (Å²) < 4.78 is 33.2. The van der Waals surface area contributed by atoms with Crippen LogP contribution in [0.25, 0.3) is 5.69 Å². The zero-order valence-electron chi connectivity index (χ0n) is 21.8. The number of nitrogens with one attached hydrogen (secondary N) is 1. The van der Waals surface area contributed by atoms with E-state index in [0.717, 1.165) is 34.0 Å². The molecule has 1 fully saturated rings. The number of morpholine rings is 1. The van der Waals surface area contributed by atoms with Crippen molar-refractivity contribution in [2.45, 2.75) is 38.8 Å². The van der Waals surface area contributed by atoms with Gasteiger partial charge in [-0.2, -0.15) is 4.98 Å². The summed E-state index contributed by atoms with van der Waals surface area (Å²) in [5, 5.41) is 3.74. The van der Waals surface area contributed by atoms with Crippen LogP contribution in [0.15, 0.2) is 55.0 Å². The molecule has 1 unspecified atom stereocenters. The molecule has 202 valence electrons. The molecule has 1 N–H and O–H groups in total. The molecule has 4 heterocycles. The maximum Gasteiger partial charge on any atom is 0.229 e. The van der Waals surface area contributed by atoms with Crippen molar-refractivity contribution in [1.82, 2.24) is 19.5 Å². The average Bonchev–Trinajstić information content (AvgIpc) is 3.54. The topological polar surface area (TPSA) is 86.6 Å². The van der Waals surface area contributed by atoms with Gasteiger partial charge in [0.2, 0.25) is 5.95 Å². The van der Waals surface area contributed by atoms with Gasteiger partial charge >= 0.3 is 0 Å². The third-order valence-corrected chi connectivity index (χ3v) is 7.01. The van der Waals surface area contributed by atoms with E-state index in [9.17, 15) is 4.39 Å². The summed E-state index contributed by atoms with van der Waals surface area (Å²) >= 11 is 6.01. The summed E-state index contributed by atoms with van der Waals surface area (Å²) in [6.07, 6.45) is 3.02. The number of ether oxygens (including phenoxy) is 3. The van der Waals surface area contributed by atoms with Crippen LogP contribution in [0.1, 0.15) is 36.8 Å². The van der Waals surface area contributed by atoms with Crippen molar-refractivity contribution in [3.8, 4) is 11.4 Å². The average molecular weight is 551 g/mol. The molecule has 2 aromatic carbocycles. The molecule has 0 radical (unpaired) electrons. The van der Waals surface area contributed by atoms with Gasteiger partial charge in [-0.15, -0.1) is 0 Å². The number of fused-ring (bicyclic) bond motifs is 1. The van der Waals surface area contributed by atoms with E-state index in [0.29, 0.717) is 36.5 Å². The highest BCUT2D eigenvalue weighted by Crippen LogP contribution is 2.40. The molecule has 11 heteroatoms. The Kier molecular flexibility index (Phi) is 6.84. The van der Waals surface area contributed by atoms with E-state index in [4.69, 9.17) is 35.8 Å². The lowest BCUT2D eigenvalue weighted by atomic mass is 10.0. The molecule has 0 saturated carbocycles. The van der Waals surface area contributed by atoms with Crippen molar-refractivity contribution < 1.29 is 18.6 Å². The standard InChI is InChI=1S/C28H28ClFN6O3/c1-16-11-35(12-17(2)39-16)27-21-14-38-26(18-4-6-19(30)7-5-18)25(21)33-28(34-27)32-20-8-9-22(23(10-20)37-3)36-13-24(29)31-15-36/h4-10,13,15-17,26H,11-12,14H2,1-3H3,(H,32,33,34)/t16-,17+,26?. The molecule has 1 saturated heterocycles. The minimum atomic E-state index is -0.429. The van der Waals surface area contributed by atoms with Crippen molar-refractivity contribution in [3.63, 3.8) is 0 Å². The summed E-state index contributed by atoms with van der Waals surface area (Å²) in [6.45, 7) is 5.88. The van der Waals surface area contributed by atoms with E-state index < -0.39 is 6.10 Å². The Bertz CT molecular complexity index is 1490. The smallest absolute Gasteiger partial charge is 0.229 e. The fourth-order valence-electron chi connectivity index (χ4n) is 5.18. The van der Waals surface area contributed by atoms with Gasteiger partial charge in [0.25, 0.3) is 0 Å². The Morgan fingerprint density at radius 2 is 1.85 bits per heavy atom. The van der Waals surface area contributed by atoms with E-state index in [1.165, 1.54) is 12.1 Å². The van der Waals surface area contributed by atoms with Crippen LogP contribution in [-0.2, 0) is 16.1 Å². The fourth-order valence-corrected chi connectivity index (χ4v) is 5.33. The van der Waals surface area contributed by atoms with E-state index >= 15 is 0 Å². The first-order valence-electron chi connectivity index (χ1n) is 12.7. The fraction of sp³-hybridized carbons (Fsp3) is 0.321. The summed E-state index contributed by atoms with van der Waals surface area (Å²) in [6, 6.07) is 12.0. The zero-order chi connectivity index (χ0) is 27.1. The van der Waals surface area contributed by atoms with Gasteiger partial charge in [0.15, 0.2) is 0 Å². The lowest BCUT2D eigenvalue weighted by Crippen LogP contribution is -2.46. The van der Waals surface area contributed by atoms with Gasteiger partial charge in [-0.1, -0.05) is 23.7 Å². The molecule has 0 bridgehead atoms. The van der Waals surface area contributed by atoms with Gasteiger partial charge in [-0.25, -0.2) is 14.4 Å². The molecule has 0 amide bonds. The minimum Gasteiger partial charge on any atom is -0.494 e. The molecular formula is C28H28ClFN6O3. The lowest BCUT2D eigenvalue weighted by Gasteiger charge is -2.36. The van der Waals surface area contributed by atoms with Gasteiger partial charge in [0, 0.05) is 36.6 Å². The molecule has 2 aliphatic rings. The summed E-state index contributed by atoms with van der Waals surface area (Å²) in [7, 11) is 1.61. The maximum absolute atomic E-state index is 13.6. The van der Waals surface area contributed by atoms with Crippen molar-refractivity contribution in [1.29, 1.82) is 0 Å². The van der Waals surface area contributed by atoms with Crippen LogP contribution in [0.5, 0.6) is 5.75 Å². The van der Waals surface area contributed by atoms with Crippen LogP contribution in [0.4, 0.5) is 21.8 Å². The molecular weight excluding hydrogens is 523 g/mol. The molecule has 6 rings (SSSR count). The molecule has 3 atom stereocenters. The van der Waals surface area contributed by atoms with Gasteiger partial charge < -0.3 is 29.0 Å². The number of benzene rings is 2.